The van der Waals surface area contributed by atoms with Gasteiger partial charge in [-0.25, -0.2) is 0 Å². The fourth-order valence-corrected chi connectivity index (χ4v) is 3.14. The van der Waals surface area contributed by atoms with Crippen LogP contribution in [0.25, 0.3) is 11.3 Å². The number of aromatic nitrogens is 2. The van der Waals surface area contributed by atoms with Gasteiger partial charge in [-0.1, -0.05) is 18.6 Å². The van der Waals surface area contributed by atoms with Crippen molar-refractivity contribution in [1.82, 2.24) is 20.4 Å². The normalized spacial score (nSPS) is 15.1. The topological polar surface area (TPSA) is 70.2 Å². The number of aromatic amines is 1. The maximum Gasteiger partial charge on any atom is 0.269 e. The zero-order valence-corrected chi connectivity index (χ0v) is 14.8. The maximum atomic E-state index is 12.3. The third-order valence-electron chi connectivity index (χ3n) is 4.45. The van der Waals surface area contributed by atoms with Crippen LogP contribution >= 0.6 is 0 Å². The van der Waals surface area contributed by atoms with Crippen molar-refractivity contribution in [2.75, 3.05) is 32.8 Å². The van der Waals surface area contributed by atoms with Gasteiger partial charge in [0.15, 0.2) is 0 Å². The standard InChI is InChI=1S/C19H26N4O2/c1-2-25-18-9-5-4-8-15(18)16-14-17(22-21-16)19(24)20-10-13-23-11-6-3-7-12-23/h4-5,8-9,14H,2-3,6-7,10-13H2,1H3,(H,20,24)(H,21,22). The molecule has 1 aromatic heterocycles. The molecule has 2 heterocycles. The van der Waals surface area contributed by atoms with Crippen molar-refractivity contribution < 1.29 is 9.53 Å². The van der Waals surface area contributed by atoms with Crippen LogP contribution in [0.15, 0.2) is 30.3 Å². The largest absolute Gasteiger partial charge is 0.493 e. The summed E-state index contributed by atoms with van der Waals surface area (Å²) in [6.45, 7) is 6.37. The van der Waals surface area contributed by atoms with E-state index in [0.29, 0.717) is 24.5 Å². The monoisotopic (exact) mass is 342 g/mol. The van der Waals surface area contributed by atoms with Crippen LogP contribution in [0.1, 0.15) is 36.7 Å². The molecule has 0 spiro atoms. The summed E-state index contributed by atoms with van der Waals surface area (Å²) in [5.41, 5.74) is 2.07. The van der Waals surface area contributed by atoms with Gasteiger partial charge in [0.25, 0.3) is 5.91 Å². The molecule has 6 nitrogen and oxygen atoms in total. The van der Waals surface area contributed by atoms with Crippen molar-refractivity contribution >= 4 is 5.91 Å². The van der Waals surface area contributed by atoms with E-state index in [-0.39, 0.29) is 5.91 Å². The molecule has 0 aliphatic carbocycles. The molecule has 2 N–H and O–H groups in total. The van der Waals surface area contributed by atoms with Gasteiger partial charge in [-0.05, 0) is 51.1 Å². The van der Waals surface area contributed by atoms with Crippen LogP contribution in [0.5, 0.6) is 5.75 Å². The predicted octanol–water partition coefficient (Wildman–Crippen LogP) is 2.69. The first kappa shape index (κ1) is 17.5. The number of hydrogen-bond donors (Lipinski definition) is 2. The average Bonchev–Trinajstić information content (AvgIpc) is 3.13. The van der Waals surface area contributed by atoms with E-state index in [9.17, 15) is 4.79 Å². The predicted molar refractivity (Wildman–Crippen MR) is 97.8 cm³/mol. The van der Waals surface area contributed by atoms with Crippen molar-refractivity contribution in [3.63, 3.8) is 0 Å². The van der Waals surface area contributed by atoms with Gasteiger partial charge in [0.05, 0.1) is 12.3 Å². The Morgan fingerprint density at radius 3 is 2.88 bits per heavy atom. The number of hydrogen-bond acceptors (Lipinski definition) is 4. The van der Waals surface area contributed by atoms with Crippen LogP contribution < -0.4 is 10.1 Å². The van der Waals surface area contributed by atoms with Crippen LogP contribution in [0.4, 0.5) is 0 Å². The van der Waals surface area contributed by atoms with E-state index in [1.165, 1.54) is 19.3 Å². The number of rotatable bonds is 7. The Balaban J connectivity index is 1.58. The number of carbonyl (C=O) groups is 1. The summed E-state index contributed by atoms with van der Waals surface area (Å²) in [6.07, 6.45) is 3.84. The lowest BCUT2D eigenvalue weighted by Gasteiger charge is -2.26. The Hall–Kier alpha value is -2.34. The zero-order valence-electron chi connectivity index (χ0n) is 14.8. The molecule has 2 aromatic rings. The molecule has 0 radical (unpaired) electrons. The first-order valence-electron chi connectivity index (χ1n) is 9.06. The second kappa shape index (κ2) is 8.67. The Morgan fingerprint density at radius 2 is 2.08 bits per heavy atom. The van der Waals surface area contributed by atoms with Gasteiger partial charge in [-0.3, -0.25) is 9.89 Å². The molecule has 0 atom stereocenters. The lowest BCUT2D eigenvalue weighted by Crippen LogP contribution is -2.37. The van der Waals surface area contributed by atoms with E-state index in [2.05, 4.69) is 20.4 Å². The lowest BCUT2D eigenvalue weighted by molar-refractivity contribution is 0.0941. The van der Waals surface area contributed by atoms with E-state index >= 15 is 0 Å². The van der Waals surface area contributed by atoms with Gasteiger partial charge in [0.2, 0.25) is 0 Å². The highest BCUT2D eigenvalue weighted by molar-refractivity contribution is 5.93. The minimum Gasteiger partial charge on any atom is -0.493 e. The van der Waals surface area contributed by atoms with Gasteiger partial charge in [0.1, 0.15) is 11.4 Å². The Kier molecular flexibility index (Phi) is 6.06. The number of para-hydroxylation sites is 1. The van der Waals surface area contributed by atoms with Crippen LogP contribution in [0.3, 0.4) is 0 Å². The molecule has 6 heteroatoms. The number of piperidine rings is 1. The van der Waals surface area contributed by atoms with E-state index in [1.807, 2.05) is 31.2 Å². The third kappa shape index (κ3) is 4.60. The summed E-state index contributed by atoms with van der Waals surface area (Å²) in [6, 6.07) is 9.49. The van der Waals surface area contributed by atoms with E-state index < -0.39 is 0 Å². The second-order valence-corrected chi connectivity index (χ2v) is 6.25. The van der Waals surface area contributed by atoms with E-state index in [4.69, 9.17) is 4.74 Å². The second-order valence-electron chi connectivity index (χ2n) is 6.25. The Morgan fingerprint density at radius 1 is 1.28 bits per heavy atom. The Bertz CT molecular complexity index is 692. The molecule has 1 aliphatic heterocycles. The molecule has 3 rings (SSSR count). The summed E-state index contributed by atoms with van der Waals surface area (Å²) < 4.78 is 5.63. The van der Waals surface area contributed by atoms with Crippen molar-refractivity contribution in [2.24, 2.45) is 0 Å². The van der Waals surface area contributed by atoms with E-state index in [0.717, 1.165) is 30.9 Å². The summed E-state index contributed by atoms with van der Waals surface area (Å²) in [5.74, 6) is 0.651. The fraction of sp³-hybridized carbons (Fsp3) is 0.474. The number of nitrogens with zero attached hydrogens (tertiary/aromatic N) is 2. The highest BCUT2D eigenvalue weighted by Crippen LogP contribution is 2.28. The molecular weight excluding hydrogens is 316 g/mol. The van der Waals surface area contributed by atoms with Gasteiger partial charge >= 0.3 is 0 Å². The van der Waals surface area contributed by atoms with Crippen molar-refractivity contribution in [3.05, 3.63) is 36.0 Å². The molecule has 1 aromatic carbocycles. The first-order chi connectivity index (χ1) is 12.3. The molecular formula is C19H26N4O2. The number of nitrogens with one attached hydrogen (secondary N) is 2. The van der Waals surface area contributed by atoms with Gasteiger partial charge in [-0.15, -0.1) is 0 Å². The number of ether oxygens (including phenoxy) is 1. The van der Waals surface area contributed by atoms with E-state index in [1.54, 1.807) is 6.07 Å². The van der Waals surface area contributed by atoms with Crippen LogP contribution in [-0.2, 0) is 0 Å². The number of carbonyl (C=O) groups excluding carboxylic acids is 1. The third-order valence-corrected chi connectivity index (χ3v) is 4.45. The van der Waals surface area contributed by atoms with Crippen LogP contribution in [-0.4, -0.2) is 53.8 Å². The molecule has 25 heavy (non-hydrogen) atoms. The molecule has 0 unspecified atom stereocenters. The summed E-state index contributed by atoms with van der Waals surface area (Å²) >= 11 is 0. The number of likely N-dealkylation sites (tertiary alicyclic amines) is 1. The number of H-pyrrole nitrogens is 1. The molecule has 134 valence electrons. The highest BCUT2D eigenvalue weighted by Gasteiger charge is 2.14. The Labute approximate surface area is 148 Å². The van der Waals surface area contributed by atoms with Gasteiger partial charge < -0.3 is 15.0 Å². The first-order valence-corrected chi connectivity index (χ1v) is 9.06. The smallest absolute Gasteiger partial charge is 0.269 e. The zero-order chi connectivity index (χ0) is 17.5. The molecule has 0 bridgehead atoms. The summed E-state index contributed by atoms with van der Waals surface area (Å²) in [7, 11) is 0. The lowest BCUT2D eigenvalue weighted by atomic mass is 10.1. The molecule has 1 fully saturated rings. The minimum atomic E-state index is -0.121. The molecule has 0 saturated carbocycles. The molecule has 1 amide bonds. The quantitative estimate of drug-likeness (QED) is 0.812. The van der Waals surface area contributed by atoms with Crippen molar-refractivity contribution in [2.45, 2.75) is 26.2 Å². The van der Waals surface area contributed by atoms with Crippen molar-refractivity contribution in [1.29, 1.82) is 0 Å². The van der Waals surface area contributed by atoms with Crippen LogP contribution in [0, 0.1) is 0 Å². The summed E-state index contributed by atoms with van der Waals surface area (Å²) in [4.78, 5) is 14.7. The summed E-state index contributed by atoms with van der Waals surface area (Å²) in [5, 5.41) is 10.1. The fourth-order valence-electron chi connectivity index (χ4n) is 3.14. The average molecular weight is 342 g/mol. The van der Waals surface area contributed by atoms with Gasteiger partial charge in [0, 0.05) is 18.7 Å². The number of amides is 1. The minimum absolute atomic E-state index is 0.121. The number of benzene rings is 1. The van der Waals surface area contributed by atoms with Gasteiger partial charge in [-0.2, -0.15) is 5.10 Å². The highest BCUT2D eigenvalue weighted by atomic mass is 16.5. The molecule has 1 aliphatic rings. The maximum absolute atomic E-state index is 12.3. The van der Waals surface area contributed by atoms with Crippen LogP contribution in [0.2, 0.25) is 0 Å². The van der Waals surface area contributed by atoms with Crippen molar-refractivity contribution in [3.8, 4) is 17.0 Å². The SMILES string of the molecule is CCOc1ccccc1-c1cc(C(=O)NCCN2CCCCC2)[nH]n1. The molecule has 1 saturated heterocycles.